The first-order chi connectivity index (χ1) is 12.4. The van der Waals surface area contributed by atoms with Crippen LogP contribution in [0.5, 0.6) is 11.5 Å². The van der Waals surface area contributed by atoms with E-state index in [0.717, 1.165) is 43.9 Å². The van der Waals surface area contributed by atoms with Gasteiger partial charge in [-0.3, -0.25) is 9.29 Å². The molecule has 1 fully saturated rings. The van der Waals surface area contributed by atoms with Gasteiger partial charge in [0.2, 0.25) is 0 Å². The maximum absolute atomic E-state index is 12.8. The van der Waals surface area contributed by atoms with Crippen LogP contribution in [0.15, 0.2) is 12.1 Å². The van der Waals surface area contributed by atoms with E-state index in [0.29, 0.717) is 6.42 Å². The fourth-order valence-corrected chi connectivity index (χ4v) is 4.69. The zero-order chi connectivity index (χ0) is 18.9. The third-order valence-electron chi connectivity index (χ3n) is 6.18. The maximum Gasteiger partial charge on any atom is 0.161 e. The molecule has 4 nitrogen and oxygen atoms in total. The van der Waals surface area contributed by atoms with Gasteiger partial charge in [0.1, 0.15) is 0 Å². The molecule has 146 valence electrons. The number of alkyl halides is 1. The van der Waals surface area contributed by atoms with Crippen LogP contribution in [0.3, 0.4) is 0 Å². The minimum Gasteiger partial charge on any atom is -0.493 e. The van der Waals surface area contributed by atoms with Crippen LogP contribution in [0.2, 0.25) is 0 Å². The Morgan fingerprint density at radius 1 is 1.23 bits per heavy atom. The van der Waals surface area contributed by atoms with Gasteiger partial charge in [0.05, 0.1) is 27.0 Å². The zero-order valence-corrected chi connectivity index (χ0v) is 16.4. The Hall–Kier alpha value is -1.33. The second-order valence-electron chi connectivity index (χ2n) is 8.54. The lowest BCUT2D eigenvalue weighted by molar-refractivity contribution is -0.0287. The smallest absolute Gasteiger partial charge is 0.161 e. The second kappa shape index (κ2) is 7.73. The van der Waals surface area contributed by atoms with E-state index in [1.807, 2.05) is 0 Å². The molecular formula is C21H32FNO3. The van der Waals surface area contributed by atoms with Crippen LogP contribution in [-0.4, -0.2) is 50.1 Å². The van der Waals surface area contributed by atoms with Crippen molar-refractivity contribution in [1.29, 1.82) is 0 Å². The standard InChI is InChI=1S/C21H32FNO3/c1-21(2,6-7-22)12-15-13-23-8-5-14-9-19(25-3)20(26-4)10-16(14)17(23)11-18(15)24/h9-10,15,17-18,24H,5-8,11-13H2,1-4H3/t15-,17-,18+/m1/s1/i22+0. The van der Waals surface area contributed by atoms with E-state index in [4.69, 9.17) is 9.47 Å². The van der Waals surface area contributed by atoms with Crippen molar-refractivity contribution >= 4 is 0 Å². The molecule has 2 heterocycles. The second-order valence-corrected chi connectivity index (χ2v) is 8.54. The van der Waals surface area contributed by atoms with Gasteiger partial charge in [-0.05, 0) is 60.3 Å². The molecule has 1 saturated heterocycles. The molecule has 0 saturated carbocycles. The van der Waals surface area contributed by atoms with Crippen LogP contribution in [0.4, 0.5) is 4.39 Å². The minimum atomic E-state index is -0.353. The molecule has 0 radical (unpaired) electrons. The maximum atomic E-state index is 12.8. The zero-order valence-electron chi connectivity index (χ0n) is 16.4. The van der Waals surface area contributed by atoms with Crippen molar-refractivity contribution in [3.63, 3.8) is 0 Å². The van der Waals surface area contributed by atoms with E-state index in [1.54, 1.807) is 14.2 Å². The van der Waals surface area contributed by atoms with Gasteiger partial charge in [-0.2, -0.15) is 0 Å². The van der Waals surface area contributed by atoms with Gasteiger partial charge >= 0.3 is 0 Å². The number of ether oxygens (including phenoxy) is 2. The average molecular weight is 365 g/mol. The number of benzene rings is 1. The highest BCUT2D eigenvalue weighted by atomic mass is 19.1. The Morgan fingerprint density at radius 2 is 1.92 bits per heavy atom. The number of aliphatic hydroxyl groups excluding tert-OH is 1. The Kier molecular flexibility index (Phi) is 5.78. The van der Waals surface area contributed by atoms with Crippen molar-refractivity contribution < 1.29 is 19.0 Å². The number of fused-ring (bicyclic) bond motifs is 3. The summed E-state index contributed by atoms with van der Waals surface area (Å²) in [7, 11) is 3.32. The largest absolute Gasteiger partial charge is 0.493 e. The summed E-state index contributed by atoms with van der Waals surface area (Å²) in [6, 6.07) is 4.37. The lowest BCUT2D eigenvalue weighted by Gasteiger charge is -2.47. The van der Waals surface area contributed by atoms with Crippen LogP contribution in [0.25, 0.3) is 0 Å². The highest BCUT2D eigenvalue weighted by Gasteiger charge is 2.40. The van der Waals surface area contributed by atoms with Crippen LogP contribution in [0.1, 0.15) is 50.3 Å². The normalized spacial score (nSPS) is 26.2. The highest BCUT2D eigenvalue weighted by molar-refractivity contribution is 5.49. The van der Waals surface area contributed by atoms with E-state index in [9.17, 15) is 9.50 Å². The fourth-order valence-electron chi connectivity index (χ4n) is 4.69. The topological polar surface area (TPSA) is 41.9 Å². The van der Waals surface area contributed by atoms with E-state index >= 15 is 0 Å². The molecule has 1 N–H and O–H groups in total. The van der Waals surface area contributed by atoms with E-state index in [2.05, 4.69) is 30.9 Å². The number of hydrogen-bond acceptors (Lipinski definition) is 4. The minimum absolute atomic E-state index is 0.0719. The molecule has 0 aromatic heterocycles. The molecule has 0 aliphatic carbocycles. The van der Waals surface area contributed by atoms with Crippen molar-refractivity contribution in [3.8, 4) is 11.5 Å². The molecule has 26 heavy (non-hydrogen) atoms. The molecule has 1 aromatic rings. The summed E-state index contributed by atoms with van der Waals surface area (Å²) in [6.07, 6.45) is 2.76. The van der Waals surface area contributed by atoms with Crippen molar-refractivity contribution in [2.24, 2.45) is 11.3 Å². The van der Waals surface area contributed by atoms with Crippen molar-refractivity contribution in [3.05, 3.63) is 23.3 Å². The van der Waals surface area contributed by atoms with Crippen LogP contribution in [0, 0.1) is 11.3 Å². The summed E-state index contributed by atoms with van der Waals surface area (Å²) >= 11 is 0. The van der Waals surface area contributed by atoms with Crippen molar-refractivity contribution in [1.82, 2.24) is 4.90 Å². The third-order valence-corrected chi connectivity index (χ3v) is 6.18. The van der Waals surface area contributed by atoms with Gasteiger partial charge in [0.25, 0.3) is 0 Å². The Labute approximate surface area is 156 Å². The number of nitrogens with zero attached hydrogens (tertiary/aromatic N) is 1. The molecule has 0 unspecified atom stereocenters. The predicted octanol–water partition coefficient (Wildman–Crippen LogP) is 3.76. The van der Waals surface area contributed by atoms with Crippen LogP contribution in [-0.2, 0) is 6.42 Å². The molecule has 0 spiro atoms. The van der Waals surface area contributed by atoms with Gasteiger partial charge in [0.15, 0.2) is 11.5 Å². The van der Waals surface area contributed by atoms with Crippen molar-refractivity contribution in [2.45, 2.75) is 51.7 Å². The number of hydrogen-bond donors (Lipinski definition) is 1. The first kappa shape index (κ1) is 19.4. The van der Waals surface area contributed by atoms with Gasteiger partial charge in [-0.25, -0.2) is 0 Å². The monoisotopic (exact) mass is 365 g/mol. The fraction of sp³-hybridized carbons (Fsp3) is 0.714. The van der Waals surface area contributed by atoms with Crippen LogP contribution < -0.4 is 9.47 Å². The summed E-state index contributed by atoms with van der Waals surface area (Å²) in [6.45, 7) is 5.77. The Morgan fingerprint density at radius 3 is 2.58 bits per heavy atom. The van der Waals surface area contributed by atoms with Gasteiger partial charge in [0, 0.05) is 19.1 Å². The third kappa shape index (κ3) is 3.84. The highest BCUT2D eigenvalue weighted by Crippen LogP contribution is 2.44. The predicted molar refractivity (Wildman–Crippen MR) is 101 cm³/mol. The number of aliphatic hydroxyl groups is 1. The number of halogens is 1. The molecule has 2 aliphatic heterocycles. The van der Waals surface area contributed by atoms with Gasteiger partial charge in [-0.15, -0.1) is 0 Å². The van der Waals surface area contributed by atoms with Crippen molar-refractivity contribution in [2.75, 3.05) is 34.0 Å². The number of rotatable bonds is 6. The van der Waals surface area contributed by atoms with E-state index in [-0.39, 0.29) is 30.2 Å². The molecule has 0 bridgehead atoms. The summed E-state index contributed by atoms with van der Waals surface area (Å²) in [5.74, 6) is 1.71. The molecule has 3 atom stereocenters. The molecule has 3 rings (SSSR count). The Bertz CT molecular complexity index is 634. The average Bonchev–Trinajstić information content (AvgIpc) is 2.60. The molecule has 2 aliphatic rings. The summed E-state index contributed by atoms with van der Waals surface area (Å²) in [5.41, 5.74) is 2.46. The lowest BCUT2D eigenvalue weighted by atomic mass is 9.74. The molecule has 0 amide bonds. The van der Waals surface area contributed by atoms with Gasteiger partial charge < -0.3 is 14.6 Å². The number of piperidine rings is 1. The quantitative estimate of drug-likeness (QED) is 0.833. The summed E-state index contributed by atoms with van der Waals surface area (Å²) < 4.78 is 23.7. The van der Waals surface area contributed by atoms with E-state index < -0.39 is 0 Å². The number of methoxy groups -OCH3 is 2. The first-order valence-electron chi connectivity index (χ1n) is 9.61. The molecule has 1 aromatic carbocycles. The summed E-state index contributed by atoms with van der Waals surface area (Å²) in [4.78, 5) is 2.48. The van der Waals surface area contributed by atoms with E-state index in [1.165, 1.54) is 11.1 Å². The van der Waals surface area contributed by atoms with Gasteiger partial charge in [-0.1, -0.05) is 13.8 Å². The summed E-state index contributed by atoms with van der Waals surface area (Å²) in [5, 5.41) is 10.8. The first-order valence-corrected chi connectivity index (χ1v) is 9.61. The lowest BCUT2D eigenvalue weighted by Crippen LogP contribution is -2.49. The Balaban J connectivity index is 1.80. The molecular weight excluding hydrogens is 333 g/mol. The van der Waals surface area contributed by atoms with Crippen LogP contribution >= 0.6 is 0 Å². The SMILES string of the molecule is COc1cc2c(cc1OC)[C@H]1C[C@H](O)[C@H](CC(C)(C)CC[19F])CN1CC2. The molecule has 5 heteroatoms.